The highest BCUT2D eigenvalue weighted by molar-refractivity contribution is 5.64. The van der Waals surface area contributed by atoms with E-state index in [0.29, 0.717) is 22.8 Å². The molecule has 0 aliphatic heterocycles. The Bertz CT molecular complexity index is 914. The molecule has 4 rings (SSSR count). The van der Waals surface area contributed by atoms with Crippen molar-refractivity contribution in [2.45, 2.75) is 44.4 Å². The summed E-state index contributed by atoms with van der Waals surface area (Å²) >= 11 is 0. The molecule has 1 aliphatic rings. The van der Waals surface area contributed by atoms with Crippen LogP contribution in [-0.2, 0) is 0 Å². The van der Waals surface area contributed by atoms with Crippen molar-refractivity contribution < 1.29 is 17.9 Å². The van der Waals surface area contributed by atoms with Gasteiger partial charge >= 0.3 is 6.36 Å². The van der Waals surface area contributed by atoms with Gasteiger partial charge in [-0.15, -0.1) is 13.2 Å². The Hall–Kier alpha value is -2.57. The fourth-order valence-electron chi connectivity index (χ4n) is 3.55. The first-order valence-corrected chi connectivity index (χ1v) is 8.70. The number of aromatic nitrogens is 3. The number of ether oxygens (including phenoxy) is 1. The van der Waals surface area contributed by atoms with Crippen molar-refractivity contribution in [1.29, 1.82) is 0 Å². The Labute approximate surface area is 148 Å². The van der Waals surface area contributed by atoms with E-state index in [9.17, 15) is 13.2 Å². The van der Waals surface area contributed by atoms with Crippen molar-refractivity contribution >= 4 is 5.65 Å². The van der Waals surface area contributed by atoms with Gasteiger partial charge in [-0.25, -0.2) is 9.50 Å². The van der Waals surface area contributed by atoms with E-state index in [1.807, 2.05) is 12.1 Å². The van der Waals surface area contributed by atoms with Gasteiger partial charge in [0.1, 0.15) is 5.75 Å². The topological polar surface area (TPSA) is 39.4 Å². The van der Waals surface area contributed by atoms with Crippen LogP contribution < -0.4 is 4.74 Å². The lowest BCUT2D eigenvalue weighted by Gasteiger charge is -2.20. The van der Waals surface area contributed by atoms with Crippen LogP contribution in [-0.4, -0.2) is 21.0 Å². The molecule has 7 heteroatoms. The van der Waals surface area contributed by atoms with Crippen molar-refractivity contribution in [1.82, 2.24) is 14.6 Å². The maximum atomic E-state index is 12.5. The summed E-state index contributed by atoms with van der Waals surface area (Å²) in [5.74, 6) is 0.177. The minimum Gasteiger partial charge on any atom is -0.406 e. The van der Waals surface area contributed by atoms with Gasteiger partial charge < -0.3 is 4.74 Å². The van der Waals surface area contributed by atoms with Crippen molar-refractivity contribution in [2.24, 2.45) is 0 Å². The molecule has 0 bridgehead atoms. The molecule has 0 spiro atoms. The molecule has 136 valence electrons. The predicted molar refractivity (Wildman–Crippen MR) is 90.9 cm³/mol. The minimum absolute atomic E-state index is 0.256. The van der Waals surface area contributed by atoms with E-state index >= 15 is 0 Å². The summed E-state index contributed by atoms with van der Waals surface area (Å²) in [4.78, 5) is 4.32. The van der Waals surface area contributed by atoms with E-state index in [0.717, 1.165) is 18.5 Å². The van der Waals surface area contributed by atoms with Crippen LogP contribution in [0.1, 0.15) is 43.7 Å². The molecule has 4 nitrogen and oxygen atoms in total. The Kier molecular flexibility index (Phi) is 4.30. The maximum absolute atomic E-state index is 12.5. The highest BCUT2D eigenvalue weighted by Crippen LogP contribution is 2.32. The van der Waals surface area contributed by atoms with Gasteiger partial charge in [0.15, 0.2) is 5.65 Å². The summed E-state index contributed by atoms with van der Waals surface area (Å²) in [5, 5.41) is 4.73. The SMILES string of the molecule is FC(F)(F)Oc1cccc(-c2cnc3ccc(C4CCCCC4)nn23)c1. The smallest absolute Gasteiger partial charge is 0.406 e. The van der Waals surface area contributed by atoms with Crippen LogP contribution in [0.25, 0.3) is 16.9 Å². The molecule has 0 amide bonds. The van der Waals surface area contributed by atoms with E-state index in [4.69, 9.17) is 5.10 Å². The molecule has 2 aromatic heterocycles. The first kappa shape index (κ1) is 16.9. The van der Waals surface area contributed by atoms with Crippen LogP contribution in [0.4, 0.5) is 13.2 Å². The summed E-state index contributed by atoms with van der Waals surface area (Å²) in [5.41, 5.74) is 2.90. The number of alkyl halides is 3. The first-order chi connectivity index (χ1) is 12.5. The molecular weight excluding hydrogens is 343 g/mol. The second-order valence-electron chi connectivity index (χ2n) is 6.58. The van der Waals surface area contributed by atoms with Gasteiger partial charge in [-0.3, -0.25) is 0 Å². The molecule has 1 fully saturated rings. The van der Waals surface area contributed by atoms with E-state index in [-0.39, 0.29) is 5.75 Å². The average molecular weight is 361 g/mol. The lowest BCUT2D eigenvalue weighted by atomic mass is 9.87. The fourth-order valence-corrected chi connectivity index (χ4v) is 3.55. The summed E-state index contributed by atoms with van der Waals surface area (Å²) < 4.78 is 43.2. The van der Waals surface area contributed by atoms with Crippen molar-refractivity contribution in [2.75, 3.05) is 0 Å². The number of hydrogen-bond acceptors (Lipinski definition) is 3. The molecule has 0 radical (unpaired) electrons. The minimum atomic E-state index is -4.72. The highest BCUT2D eigenvalue weighted by atomic mass is 19.4. The molecule has 3 aromatic rings. The van der Waals surface area contributed by atoms with Gasteiger partial charge in [0.05, 0.1) is 17.6 Å². The number of rotatable bonds is 3. The molecule has 2 heterocycles. The Balaban J connectivity index is 1.71. The second-order valence-corrected chi connectivity index (χ2v) is 6.58. The van der Waals surface area contributed by atoms with E-state index < -0.39 is 6.36 Å². The van der Waals surface area contributed by atoms with Gasteiger partial charge in [0.25, 0.3) is 0 Å². The quantitative estimate of drug-likeness (QED) is 0.632. The molecule has 0 saturated heterocycles. The lowest BCUT2D eigenvalue weighted by molar-refractivity contribution is -0.274. The number of hydrogen-bond donors (Lipinski definition) is 0. The maximum Gasteiger partial charge on any atom is 0.573 e. The molecule has 0 atom stereocenters. The van der Waals surface area contributed by atoms with Crippen LogP contribution in [0.15, 0.2) is 42.6 Å². The largest absolute Gasteiger partial charge is 0.573 e. The number of imidazole rings is 1. The highest BCUT2D eigenvalue weighted by Gasteiger charge is 2.31. The standard InChI is InChI=1S/C19H18F3N3O/c20-19(21,22)26-15-8-4-7-14(11-15)17-12-23-18-10-9-16(24-25(17)18)13-5-2-1-3-6-13/h4,7-13H,1-3,5-6H2. The molecular formula is C19H18F3N3O. The zero-order chi connectivity index (χ0) is 18.1. The van der Waals surface area contributed by atoms with E-state index in [1.165, 1.54) is 37.5 Å². The summed E-state index contributed by atoms with van der Waals surface area (Å²) in [6.07, 6.45) is 2.83. The van der Waals surface area contributed by atoms with Crippen LogP contribution >= 0.6 is 0 Å². The Morgan fingerprint density at radius 2 is 1.85 bits per heavy atom. The summed E-state index contributed by atoms with van der Waals surface area (Å²) in [6, 6.07) is 9.80. The van der Waals surface area contributed by atoms with Gasteiger partial charge in [-0.2, -0.15) is 5.10 Å². The lowest BCUT2D eigenvalue weighted by Crippen LogP contribution is -2.17. The molecule has 0 N–H and O–H groups in total. The number of fused-ring (bicyclic) bond motifs is 1. The van der Waals surface area contributed by atoms with Gasteiger partial charge in [-0.05, 0) is 37.1 Å². The third-order valence-corrected chi connectivity index (χ3v) is 4.77. The Morgan fingerprint density at radius 1 is 1.04 bits per heavy atom. The summed E-state index contributed by atoms with van der Waals surface area (Å²) in [6.45, 7) is 0. The summed E-state index contributed by atoms with van der Waals surface area (Å²) in [7, 11) is 0. The van der Waals surface area contributed by atoms with Gasteiger partial charge in [-0.1, -0.05) is 31.4 Å². The molecule has 1 aliphatic carbocycles. The normalized spacial score (nSPS) is 16.1. The van der Waals surface area contributed by atoms with E-state index in [2.05, 4.69) is 9.72 Å². The van der Waals surface area contributed by atoms with Crippen LogP contribution in [0.5, 0.6) is 5.75 Å². The second kappa shape index (κ2) is 6.63. The fraction of sp³-hybridized carbons (Fsp3) is 0.368. The zero-order valence-electron chi connectivity index (χ0n) is 14.0. The third-order valence-electron chi connectivity index (χ3n) is 4.77. The zero-order valence-corrected chi connectivity index (χ0v) is 14.0. The van der Waals surface area contributed by atoms with Crippen molar-refractivity contribution in [3.63, 3.8) is 0 Å². The number of halogens is 3. The number of nitrogens with zero attached hydrogens (tertiary/aromatic N) is 3. The molecule has 26 heavy (non-hydrogen) atoms. The molecule has 1 aromatic carbocycles. The van der Waals surface area contributed by atoms with Gasteiger partial charge in [0.2, 0.25) is 0 Å². The first-order valence-electron chi connectivity index (χ1n) is 8.70. The van der Waals surface area contributed by atoms with E-state index in [1.54, 1.807) is 16.8 Å². The average Bonchev–Trinajstić information content (AvgIpc) is 3.04. The van der Waals surface area contributed by atoms with Crippen LogP contribution in [0.2, 0.25) is 0 Å². The molecule has 1 saturated carbocycles. The van der Waals surface area contributed by atoms with Gasteiger partial charge in [0, 0.05) is 11.5 Å². The van der Waals surface area contributed by atoms with Crippen molar-refractivity contribution in [3.8, 4) is 17.0 Å². The monoisotopic (exact) mass is 361 g/mol. The Morgan fingerprint density at radius 3 is 2.62 bits per heavy atom. The predicted octanol–water partition coefficient (Wildman–Crippen LogP) is 5.34. The number of benzene rings is 1. The van der Waals surface area contributed by atoms with Crippen LogP contribution in [0.3, 0.4) is 0 Å². The molecule has 0 unspecified atom stereocenters. The van der Waals surface area contributed by atoms with Crippen LogP contribution in [0, 0.1) is 0 Å². The van der Waals surface area contributed by atoms with Crippen molar-refractivity contribution in [3.05, 3.63) is 48.3 Å². The third kappa shape index (κ3) is 3.52.